The summed E-state index contributed by atoms with van der Waals surface area (Å²) in [6.45, 7) is 1.05. The molecule has 0 unspecified atom stereocenters. The Bertz CT molecular complexity index is 376. The fraction of sp³-hybridized carbons (Fsp3) is 0.462. The Morgan fingerprint density at radius 2 is 2.25 bits per heavy atom. The average molecular weight is 219 g/mol. The van der Waals surface area contributed by atoms with E-state index in [2.05, 4.69) is 6.07 Å². The first kappa shape index (κ1) is 11.1. The summed E-state index contributed by atoms with van der Waals surface area (Å²) >= 11 is 0. The van der Waals surface area contributed by atoms with Crippen molar-refractivity contribution in [1.29, 1.82) is 0 Å². The Balaban J connectivity index is 2.12. The molecular weight excluding hydrogens is 202 g/mol. The Kier molecular flexibility index (Phi) is 3.57. The minimum absolute atomic E-state index is 0.215. The molecule has 0 bridgehead atoms. The van der Waals surface area contributed by atoms with E-state index in [1.807, 2.05) is 23.1 Å². The lowest BCUT2D eigenvalue weighted by Gasteiger charge is -2.16. The molecule has 0 atom stereocenters. The summed E-state index contributed by atoms with van der Waals surface area (Å²) in [6, 6.07) is 8.05. The smallest absolute Gasteiger partial charge is 0.227 e. The van der Waals surface area contributed by atoms with E-state index in [1.54, 1.807) is 0 Å². The molecule has 1 aromatic carbocycles. The van der Waals surface area contributed by atoms with E-state index in [0.29, 0.717) is 6.42 Å². The van der Waals surface area contributed by atoms with Crippen LogP contribution in [0.15, 0.2) is 24.3 Å². The predicted octanol–water partition coefficient (Wildman–Crippen LogP) is 1.74. The second-order valence-electron chi connectivity index (χ2n) is 4.15. The number of aliphatic hydroxyl groups excluding tert-OH is 1. The molecule has 86 valence electrons. The summed E-state index contributed by atoms with van der Waals surface area (Å²) in [6.07, 6.45) is 3.27. The number of aliphatic hydroxyl groups is 1. The normalized spacial score (nSPS) is 15.8. The SMILES string of the molecule is O=C1CCCN1c1cccc(CCCO)c1. The molecule has 3 heteroatoms. The van der Waals surface area contributed by atoms with Crippen LogP contribution in [0.1, 0.15) is 24.8 Å². The van der Waals surface area contributed by atoms with E-state index in [0.717, 1.165) is 31.5 Å². The number of anilines is 1. The number of carbonyl (C=O) groups excluding carboxylic acids is 1. The zero-order valence-corrected chi connectivity index (χ0v) is 9.35. The second-order valence-corrected chi connectivity index (χ2v) is 4.15. The van der Waals surface area contributed by atoms with Gasteiger partial charge in [0.1, 0.15) is 0 Å². The number of nitrogens with zero attached hydrogens (tertiary/aromatic N) is 1. The van der Waals surface area contributed by atoms with Crippen molar-refractivity contribution in [2.45, 2.75) is 25.7 Å². The molecule has 0 aromatic heterocycles. The van der Waals surface area contributed by atoms with Gasteiger partial charge in [0, 0.05) is 25.3 Å². The largest absolute Gasteiger partial charge is 0.396 e. The quantitative estimate of drug-likeness (QED) is 0.838. The van der Waals surface area contributed by atoms with Gasteiger partial charge in [0.05, 0.1) is 0 Å². The number of amides is 1. The van der Waals surface area contributed by atoms with Crippen molar-refractivity contribution in [2.75, 3.05) is 18.1 Å². The van der Waals surface area contributed by atoms with Crippen molar-refractivity contribution in [3.05, 3.63) is 29.8 Å². The number of rotatable bonds is 4. The number of benzene rings is 1. The zero-order chi connectivity index (χ0) is 11.4. The van der Waals surface area contributed by atoms with Gasteiger partial charge in [-0.15, -0.1) is 0 Å². The van der Waals surface area contributed by atoms with Crippen LogP contribution in [0.2, 0.25) is 0 Å². The summed E-state index contributed by atoms with van der Waals surface area (Å²) in [7, 11) is 0. The van der Waals surface area contributed by atoms with Crippen LogP contribution in [0.25, 0.3) is 0 Å². The lowest BCUT2D eigenvalue weighted by molar-refractivity contribution is -0.117. The summed E-state index contributed by atoms with van der Waals surface area (Å²) in [5.41, 5.74) is 2.18. The summed E-state index contributed by atoms with van der Waals surface area (Å²) in [4.78, 5) is 13.4. The molecule has 0 radical (unpaired) electrons. The van der Waals surface area contributed by atoms with Gasteiger partial charge in [0.25, 0.3) is 0 Å². The highest BCUT2D eigenvalue weighted by atomic mass is 16.2. The van der Waals surface area contributed by atoms with E-state index in [-0.39, 0.29) is 12.5 Å². The van der Waals surface area contributed by atoms with Gasteiger partial charge in [-0.25, -0.2) is 0 Å². The molecule has 2 rings (SSSR count). The Hall–Kier alpha value is -1.35. The average Bonchev–Trinajstić information content (AvgIpc) is 2.73. The number of aryl methyl sites for hydroxylation is 1. The molecule has 0 aliphatic carbocycles. The van der Waals surface area contributed by atoms with Gasteiger partial charge in [0.15, 0.2) is 0 Å². The monoisotopic (exact) mass is 219 g/mol. The van der Waals surface area contributed by atoms with Gasteiger partial charge < -0.3 is 10.0 Å². The van der Waals surface area contributed by atoms with E-state index in [4.69, 9.17) is 5.11 Å². The number of carbonyl (C=O) groups is 1. The van der Waals surface area contributed by atoms with Crippen LogP contribution in [0.3, 0.4) is 0 Å². The molecule has 1 fully saturated rings. The lowest BCUT2D eigenvalue weighted by atomic mass is 10.1. The third-order valence-corrected chi connectivity index (χ3v) is 2.92. The predicted molar refractivity (Wildman–Crippen MR) is 63.4 cm³/mol. The van der Waals surface area contributed by atoms with Crippen LogP contribution in [0.4, 0.5) is 5.69 Å². The molecule has 0 spiro atoms. The lowest BCUT2D eigenvalue weighted by Crippen LogP contribution is -2.23. The first-order chi connectivity index (χ1) is 7.81. The van der Waals surface area contributed by atoms with Gasteiger partial charge in [-0.1, -0.05) is 12.1 Å². The van der Waals surface area contributed by atoms with E-state index < -0.39 is 0 Å². The van der Waals surface area contributed by atoms with Gasteiger partial charge in [-0.3, -0.25) is 4.79 Å². The molecule has 1 aliphatic heterocycles. The van der Waals surface area contributed by atoms with Crippen LogP contribution in [-0.2, 0) is 11.2 Å². The van der Waals surface area contributed by atoms with E-state index >= 15 is 0 Å². The van der Waals surface area contributed by atoms with Gasteiger partial charge in [0.2, 0.25) is 5.91 Å². The standard InChI is InChI=1S/C13H17NO2/c15-9-3-5-11-4-1-6-12(10-11)14-8-2-7-13(14)16/h1,4,6,10,15H,2-3,5,7-9H2. The zero-order valence-electron chi connectivity index (χ0n) is 9.35. The van der Waals surface area contributed by atoms with E-state index in [1.165, 1.54) is 5.56 Å². The maximum atomic E-state index is 11.6. The van der Waals surface area contributed by atoms with Gasteiger partial charge in [-0.05, 0) is 37.0 Å². The molecule has 0 saturated carbocycles. The highest BCUT2D eigenvalue weighted by Crippen LogP contribution is 2.22. The van der Waals surface area contributed by atoms with Crippen molar-refractivity contribution >= 4 is 11.6 Å². The van der Waals surface area contributed by atoms with Crippen LogP contribution >= 0.6 is 0 Å². The van der Waals surface area contributed by atoms with Gasteiger partial charge >= 0.3 is 0 Å². The van der Waals surface area contributed by atoms with Crippen molar-refractivity contribution in [2.24, 2.45) is 0 Å². The van der Waals surface area contributed by atoms with Crippen molar-refractivity contribution in [1.82, 2.24) is 0 Å². The highest BCUT2D eigenvalue weighted by Gasteiger charge is 2.21. The third kappa shape index (κ3) is 2.42. The van der Waals surface area contributed by atoms with Crippen molar-refractivity contribution < 1.29 is 9.90 Å². The maximum Gasteiger partial charge on any atom is 0.227 e. The summed E-state index contributed by atoms with van der Waals surface area (Å²) in [5.74, 6) is 0.222. The molecular formula is C13H17NO2. The summed E-state index contributed by atoms with van der Waals surface area (Å²) < 4.78 is 0. The molecule has 16 heavy (non-hydrogen) atoms. The Labute approximate surface area is 95.7 Å². The molecule has 3 nitrogen and oxygen atoms in total. The van der Waals surface area contributed by atoms with Gasteiger partial charge in [-0.2, -0.15) is 0 Å². The first-order valence-electron chi connectivity index (χ1n) is 5.81. The van der Waals surface area contributed by atoms with E-state index in [9.17, 15) is 4.79 Å². The second kappa shape index (κ2) is 5.12. The minimum Gasteiger partial charge on any atom is -0.396 e. The number of hydrogen-bond acceptors (Lipinski definition) is 2. The van der Waals surface area contributed by atoms with Crippen LogP contribution < -0.4 is 4.90 Å². The Morgan fingerprint density at radius 3 is 2.94 bits per heavy atom. The fourth-order valence-electron chi connectivity index (χ4n) is 2.08. The molecule has 1 saturated heterocycles. The first-order valence-corrected chi connectivity index (χ1v) is 5.81. The molecule has 1 amide bonds. The third-order valence-electron chi connectivity index (χ3n) is 2.92. The highest BCUT2D eigenvalue weighted by molar-refractivity contribution is 5.95. The van der Waals surface area contributed by atoms with Crippen LogP contribution in [0.5, 0.6) is 0 Å². The fourth-order valence-corrected chi connectivity index (χ4v) is 2.08. The number of hydrogen-bond donors (Lipinski definition) is 1. The van der Waals surface area contributed by atoms with Crippen LogP contribution in [0, 0.1) is 0 Å². The maximum absolute atomic E-state index is 11.6. The molecule has 1 aliphatic rings. The summed E-state index contributed by atoms with van der Waals surface area (Å²) in [5, 5.41) is 8.79. The van der Waals surface area contributed by atoms with Crippen LogP contribution in [-0.4, -0.2) is 24.2 Å². The van der Waals surface area contributed by atoms with Crippen molar-refractivity contribution in [3.63, 3.8) is 0 Å². The minimum atomic E-state index is 0.215. The molecule has 1 aromatic rings. The van der Waals surface area contributed by atoms with Crippen molar-refractivity contribution in [3.8, 4) is 0 Å². The molecule has 1 heterocycles. The topological polar surface area (TPSA) is 40.5 Å². The Morgan fingerprint density at radius 1 is 1.38 bits per heavy atom. The molecule has 1 N–H and O–H groups in total.